The fraction of sp³-hybridized carbons (Fsp3) is 0.143. The molecular formula is C21H19ClN2O3. The second-order valence-electron chi connectivity index (χ2n) is 6.03. The van der Waals surface area contributed by atoms with Crippen LogP contribution in [0.1, 0.15) is 16.9 Å². The summed E-state index contributed by atoms with van der Waals surface area (Å²) in [5.74, 6) is 1.45. The minimum absolute atomic E-state index is 0.121. The molecule has 0 bridgehead atoms. The summed E-state index contributed by atoms with van der Waals surface area (Å²) >= 11 is 6.15. The molecule has 3 rings (SSSR count). The third-order valence-electron chi connectivity index (χ3n) is 3.84. The van der Waals surface area contributed by atoms with Crippen molar-refractivity contribution in [1.29, 1.82) is 0 Å². The van der Waals surface area contributed by atoms with Gasteiger partial charge < -0.3 is 9.15 Å². The van der Waals surface area contributed by atoms with Crippen LogP contribution in [0, 0.1) is 13.8 Å². The van der Waals surface area contributed by atoms with Gasteiger partial charge in [-0.15, -0.1) is 0 Å². The molecule has 0 fully saturated rings. The zero-order valence-electron chi connectivity index (χ0n) is 15.0. The normalized spacial score (nSPS) is 10.9. The molecule has 0 radical (unpaired) electrons. The van der Waals surface area contributed by atoms with E-state index in [9.17, 15) is 4.79 Å². The largest absolute Gasteiger partial charge is 0.483 e. The first-order chi connectivity index (χ1) is 13.0. The number of benzene rings is 2. The molecule has 1 amide bonds. The number of carbonyl (C=O) groups excluding carboxylic acids is 1. The minimum Gasteiger partial charge on any atom is -0.483 e. The fourth-order valence-electron chi connectivity index (χ4n) is 2.53. The number of nitrogens with one attached hydrogen (secondary N) is 1. The van der Waals surface area contributed by atoms with Crippen LogP contribution in [0.2, 0.25) is 5.02 Å². The second kappa shape index (κ2) is 8.56. The molecule has 1 heterocycles. The molecule has 5 nitrogen and oxygen atoms in total. The molecule has 0 saturated carbocycles. The Morgan fingerprint density at radius 3 is 2.78 bits per heavy atom. The SMILES string of the molecule is Cc1ccc(OCC(=O)N/N=C\c2ccc(-c3ccccc3Cl)o2)c(C)c1. The van der Waals surface area contributed by atoms with Crippen LogP contribution in [-0.4, -0.2) is 18.7 Å². The number of ether oxygens (including phenoxy) is 1. The number of rotatable bonds is 6. The van der Waals surface area contributed by atoms with E-state index in [1.807, 2.05) is 50.2 Å². The van der Waals surface area contributed by atoms with E-state index >= 15 is 0 Å². The maximum absolute atomic E-state index is 11.9. The molecule has 1 aromatic heterocycles. The summed E-state index contributed by atoms with van der Waals surface area (Å²) in [5.41, 5.74) is 5.33. The zero-order chi connectivity index (χ0) is 19.2. The average Bonchev–Trinajstić information content (AvgIpc) is 3.10. The summed E-state index contributed by atoms with van der Waals surface area (Å²) in [7, 11) is 0. The first kappa shape index (κ1) is 18.7. The number of hydrogen-bond donors (Lipinski definition) is 1. The molecule has 0 spiro atoms. The van der Waals surface area contributed by atoms with Crippen molar-refractivity contribution in [2.45, 2.75) is 13.8 Å². The topological polar surface area (TPSA) is 63.8 Å². The monoisotopic (exact) mass is 382 g/mol. The van der Waals surface area contributed by atoms with Gasteiger partial charge in [0.15, 0.2) is 6.61 Å². The first-order valence-corrected chi connectivity index (χ1v) is 8.77. The molecule has 0 atom stereocenters. The Balaban J connectivity index is 1.53. The van der Waals surface area contributed by atoms with Crippen LogP contribution in [-0.2, 0) is 4.79 Å². The highest BCUT2D eigenvalue weighted by Gasteiger charge is 2.07. The van der Waals surface area contributed by atoms with Gasteiger partial charge in [0.05, 0.1) is 11.2 Å². The van der Waals surface area contributed by atoms with Crippen LogP contribution in [0.3, 0.4) is 0 Å². The van der Waals surface area contributed by atoms with Crippen molar-refractivity contribution in [1.82, 2.24) is 5.43 Å². The van der Waals surface area contributed by atoms with Gasteiger partial charge in [-0.3, -0.25) is 4.79 Å². The standard InChI is InChI=1S/C21H19ClN2O3/c1-14-7-9-19(15(2)11-14)26-13-21(25)24-23-12-16-8-10-20(27-16)17-5-3-4-6-18(17)22/h3-12H,13H2,1-2H3,(H,24,25)/b23-12-. The van der Waals surface area contributed by atoms with Crippen LogP contribution in [0.25, 0.3) is 11.3 Å². The van der Waals surface area contributed by atoms with Crippen molar-refractivity contribution in [3.8, 4) is 17.1 Å². The van der Waals surface area contributed by atoms with E-state index in [0.29, 0.717) is 22.3 Å². The second-order valence-corrected chi connectivity index (χ2v) is 6.44. The van der Waals surface area contributed by atoms with Crippen molar-refractivity contribution < 1.29 is 13.9 Å². The molecular weight excluding hydrogens is 364 g/mol. The van der Waals surface area contributed by atoms with E-state index in [0.717, 1.165) is 16.7 Å². The van der Waals surface area contributed by atoms with Crippen LogP contribution in [0.15, 0.2) is 64.1 Å². The van der Waals surface area contributed by atoms with E-state index in [-0.39, 0.29) is 12.5 Å². The number of carbonyl (C=O) groups is 1. The Kier molecular flexibility index (Phi) is 5.94. The lowest BCUT2D eigenvalue weighted by atomic mass is 10.1. The van der Waals surface area contributed by atoms with Crippen molar-refractivity contribution in [2.75, 3.05) is 6.61 Å². The summed E-state index contributed by atoms with van der Waals surface area (Å²) in [4.78, 5) is 11.9. The molecule has 2 aromatic carbocycles. The molecule has 27 heavy (non-hydrogen) atoms. The Hall–Kier alpha value is -3.05. The van der Waals surface area contributed by atoms with Gasteiger partial charge in [-0.25, -0.2) is 5.43 Å². The Morgan fingerprint density at radius 1 is 1.19 bits per heavy atom. The predicted molar refractivity (Wildman–Crippen MR) is 106 cm³/mol. The lowest BCUT2D eigenvalue weighted by molar-refractivity contribution is -0.123. The number of furan rings is 1. The lowest BCUT2D eigenvalue weighted by Gasteiger charge is -2.08. The quantitative estimate of drug-likeness (QED) is 0.494. The molecule has 138 valence electrons. The third-order valence-corrected chi connectivity index (χ3v) is 4.17. The van der Waals surface area contributed by atoms with Gasteiger partial charge in [-0.2, -0.15) is 5.10 Å². The van der Waals surface area contributed by atoms with E-state index < -0.39 is 0 Å². The maximum Gasteiger partial charge on any atom is 0.277 e. The number of hydrazone groups is 1. The van der Waals surface area contributed by atoms with Crippen molar-refractivity contribution in [3.05, 3.63) is 76.5 Å². The van der Waals surface area contributed by atoms with E-state index in [1.165, 1.54) is 6.21 Å². The molecule has 0 saturated heterocycles. The van der Waals surface area contributed by atoms with Gasteiger partial charge in [0.1, 0.15) is 17.3 Å². The molecule has 1 N–H and O–H groups in total. The number of hydrogen-bond acceptors (Lipinski definition) is 4. The number of nitrogens with zero attached hydrogens (tertiary/aromatic N) is 1. The highest BCUT2D eigenvalue weighted by molar-refractivity contribution is 6.33. The molecule has 0 unspecified atom stereocenters. The smallest absolute Gasteiger partial charge is 0.277 e. The van der Waals surface area contributed by atoms with Gasteiger partial charge in [-0.1, -0.05) is 41.4 Å². The van der Waals surface area contributed by atoms with Crippen LogP contribution in [0.5, 0.6) is 5.75 Å². The molecule has 0 aliphatic heterocycles. The van der Waals surface area contributed by atoms with E-state index in [2.05, 4.69) is 10.5 Å². The molecule has 6 heteroatoms. The maximum atomic E-state index is 11.9. The highest BCUT2D eigenvalue weighted by atomic mass is 35.5. The number of amides is 1. The van der Waals surface area contributed by atoms with Gasteiger partial charge in [0.25, 0.3) is 5.91 Å². The van der Waals surface area contributed by atoms with E-state index in [4.69, 9.17) is 20.8 Å². The summed E-state index contributed by atoms with van der Waals surface area (Å²) in [6.45, 7) is 3.82. The predicted octanol–water partition coefficient (Wildman–Crippen LogP) is 4.75. The van der Waals surface area contributed by atoms with Crippen LogP contribution in [0.4, 0.5) is 0 Å². The molecule has 0 aliphatic carbocycles. The lowest BCUT2D eigenvalue weighted by Crippen LogP contribution is -2.24. The summed E-state index contributed by atoms with van der Waals surface area (Å²) in [5, 5.41) is 4.49. The molecule has 0 aliphatic rings. The van der Waals surface area contributed by atoms with Crippen LogP contribution >= 0.6 is 11.6 Å². The minimum atomic E-state index is -0.357. The zero-order valence-corrected chi connectivity index (χ0v) is 15.8. The number of aryl methyl sites for hydroxylation is 2. The summed E-state index contributed by atoms with van der Waals surface area (Å²) in [6, 6.07) is 16.7. The van der Waals surface area contributed by atoms with Crippen molar-refractivity contribution >= 4 is 23.7 Å². The van der Waals surface area contributed by atoms with Gasteiger partial charge in [0.2, 0.25) is 0 Å². The third kappa shape index (κ3) is 4.99. The summed E-state index contributed by atoms with van der Waals surface area (Å²) < 4.78 is 11.2. The molecule has 3 aromatic rings. The van der Waals surface area contributed by atoms with Crippen molar-refractivity contribution in [2.24, 2.45) is 5.10 Å². The van der Waals surface area contributed by atoms with E-state index in [1.54, 1.807) is 18.2 Å². The Morgan fingerprint density at radius 2 is 2.00 bits per heavy atom. The Labute approximate surface area is 162 Å². The van der Waals surface area contributed by atoms with Gasteiger partial charge in [-0.05, 0) is 49.7 Å². The first-order valence-electron chi connectivity index (χ1n) is 8.39. The fourth-order valence-corrected chi connectivity index (χ4v) is 2.76. The average molecular weight is 383 g/mol. The number of halogens is 1. The van der Waals surface area contributed by atoms with Crippen molar-refractivity contribution in [3.63, 3.8) is 0 Å². The van der Waals surface area contributed by atoms with Gasteiger partial charge >= 0.3 is 0 Å². The van der Waals surface area contributed by atoms with Crippen LogP contribution < -0.4 is 10.2 Å². The summed E-state index contributed by atoms with van der Waals surface area (Å²) in [6.07, 6.45) is 1.43. The highest BCUT2D eigenvalue weighted by Crippen LogP contribution is 2.28. The Bertz CT molecular complexity index is 979. The van der Waals surface area contributed by atoms with Gasteiger partial charge in [0, 0.05) is 5.56 Å².